The van der Waals surface area contributed by atoms with Crippen molar-refractivity contribution in [2.75, 3.05) is 52.0 Å². The average molecular weight is 497 g/mol. The van der Waals surface area contributed by atoms with Gasteiger partial charge in [-0.1, -0.05) is 26.8 Å². The minimum absolute atomic E-state index is 0.0305. The van der Waals surface area contributed by atoms with Crippen LogP contribution in [0.25, 0.3) is 0 Å². The second kappa shape index (κ2) is 11.8. The monoisotopic (exact) mass is 496 g/mol. The fourth-order valence-corrected chi connectivity index (χ4v) is 6.10. The molecule has 1 N–H and O–H groups in total. The first-order valence-electron chi connectivity index (χ1n) is 12.1. The Morgan fingerprint density at radius 2 is 1.82 bits per heavy atom. The summed E-state index contributed by atoms with van der Waals surface area (Å²) < 4.78 is 31.9. The van der Waals surface area contributed by atoms with E-state index in [-0.39, 0.29) is 30.7 Å². The zero-order valence-corrected chi connectivity index (χ0v) is 23.0. The predicted molar refractivity (Wildman–Crippen MR) is 138 cm³/mol. The first-order valence-corrected chi connectivity index (χ1v) is 13.7. The highest BCUT2D eigenvalue weighted by Gasteiger charge is 2.42. The number of carbonyl (C=O) groups is 1. The van der Waals surface area contributed by atoms with Crippen molar-refractivity contribution in [3.8, 4) is 0 Å². The summed E-state index contributed by atoms with van der Waals surface area (Å²) in [6.07, 6.45) is 1.31. The Balaban J connectivity index is 2.27. The molecular formula is C25H44N4O4S. The van der Waals surface area contributed by atoms with Gasteiger partial charge in [-0.3, -0.25) is 4.79 Å². The van der Waals surface area contributed by atoms with Gasteiger partial charge in [0.15, 0.2) is 0 Å². The maximum atomic E-state index is 12.7. The summed E-state index contributed by atoms with van der Waals surface area (Å²) in [5.41, 5.74) is 3.15. The number of rotatable bonds is 11. The van der Waals surface area contributed by atoms with Crippen LogP contribution >= 0.6 is 0 Å². The van der Waals surface area contributed by atoms with Crippen molar-refractivity contribution in [3.05, 3.63) is 29.3 Å². The van der Waals surface area contributed by atoms with Crippen molar-refractivity contribution in [1.29, 1.82) is 0 Å². The molecule has 194 valence electrons. The second-order valence-electron chi connectivity index (χ2n) is 10.9. The number of hydrogen-bond donors (Lipinski definition) is 1. The number of nitrogens with one attached hydrogen (secondary N) is 1. The molecule has 1 heterocycles. The van der Waals surface area contributed by atoms with Crippen molar-refractivity contribution < 1.29 is 17.9 Å². The molecule has 0 amide bonds. The van der Waals surface area contributed by atoms with Crippen LogP contribution in [0.4, 0.5) is 5.69 Å². The van der Waals surface area contributed by atoms with Crippen molar-refractivity contribution in [2.24, 2.45) is 5.41 Å². The molecule has 9 heteroatoms. The fraction of sp³-hybridized carbons (Fsp3) is 0.720. The molecule has 1 saturated heterocycles. The van der Waals surface area contributed by atoms with Gasteiger partial charge in [-0.2, -0.15) is 4.31 Å². The van der Waals surface area contributed by atoms with Crippen molar-refractivity contribution in [3.63, 3.8) is 0 Å². The molecule has 0 spiro atoms. The summed E-state index contributed by atoms with van der Waals surface area (Å²) in [5.74, 6) is -0.500. The number of sulfonamides is 1. The molecule has 1 fully saturated rings. The van der Waals surface area contributed by atoms with E-state index in [2.05, 4.69) is 51.1 Å². The van der Waals surface area contributed by atoms with E-state index in [1.165, 1.54) is 4.31 Å². The molecule has 1 aromatic carbocycles. The lowest BCUT2D eigenvalue weighted by Gasteiger charge is -2.29. The third kappa shape index (κ3) is 8.52. The van der Waals surface area contributed by atoms with Crippen molar-refractivity contribution in [2.45, 2.75) is 65.7 Å². The van der Waals surface area contributed by atoms with Crippen LogP contribution in [0, 0.1) is 5.41 Å². The third-order valence-corrected chi connectivity index (χ3v) is 7.69. The Morgan fingerprint density at radius 1 is 1.18 bits per heavy atom. The summed E-state index contributed by atoms with van der Waals surface area (Å²) in [6, 6.07) is 5.73. The molecule has 8 nitrogen and oxygen atoms in total. The maximum absolute atomic E-state index is 12.7. The molecule has 1 aliphatic rings. The van der Waals surface area contributed by atoms with Gasteiger partial charge >= 0.3 is 5.97 Å². The van der Waals surface area contributed by atoms with Crippen LogP contribution in [0.2, 0.25) is 0 Å². The molecule has 2 rings (SSSR count). The minimum Gasteiger partial charge on any atom is -0.465 e. The average Bonchev–Trinajstić information content (AvgIpc) is 2.99. The summed E-state index contributed by atoms with van der Waals surface area (Å²) in [4.78, 5) is 16.6. The van der Waals surface area contributed by atoms with E-state index in [0.29, 0.717) is 12.6 Å². The first kappa shape index (κ1) is 28.6. The van der Waals surface area contributed by atoms with Gasteiger partial charge in [0, 0.05) is 45.5 Å². The Labute approximate surface area is 206 Å². The molecule has 0 aliphatic carbocycles. The Kier molecular flexibility index (Phi) is 9.94. The Morgan fingerprint density at radius 3 is 2.38 bits per heavy atom. The number of likely N-dealkylation sites (N-methyl/N-ethyl adjacent to an activating group) is 1. The molecular weight excluding hydrogens is 452 g/mol. The summed E-state index contributed by atoms with van der Waals surface area (Å²) in [7, 11) is 4.60. The molecule has 0 bridgehead atoms. The van der Waals surface area contributed by atoms with Crippen molar-refractivity contribution in [1.82, 2.24) is 14.5 Å². The van der Waals surface area contributed by atoms with E-state index in [0.717, 1.165) is 29.8 Å². The van der Waals surface area contributed by atoms with Crippen LogP contribution in [-0.4, -0.2) is 82.8 Å². The Bertz CT molecular complexity index is 925. The van der Waals surface area contributed by atoms with Gasteiger partial charge in [0.05, 0.1) is 12.4 Å². The minimum atomic E-state index is -3.51. The zero-order chi connectivity index (χ0) is 25.7. The van der Waals surface area contributed by atoms with Crippen LogP contribution in [0.1, 0.15) is 51.7 Å². The quantitative estimate of drug-likeness (QED) is 0.472. The smallest absolute Gasteiger partial charge is 0.324 e. The number of nitrogens with zero attached hydrogens (tertiary/aromatic N) is 3. The molecule has 2 atom stereocenters. The first-order chi connectivity index (χ1) is 15.7. The number of carbonyl (C=O) groups excluding carboxylic acids is 1. The van der Waals surface area contributed by atoms with E-state index in [1.807, 2.05) is 31.1 Å². The molecule has 34 heavy (non-hydrogen) atoms. The van der Waals surface area contributed by atoms with Gasteiger partial charge in [0.1, 0.15) is 6.04 Å². The second-order valence-corrected chi connectivity index (χ2v) is 13.0. The molecule has 1 aliphatic heterocycles. The van der Waals surface area contributed by atoms with Gasteiger partial charge in [0.25, 0.3) is 0 Å². The van der Waals surface area contributed by atoms with Gasteiger partial charge in [-0.25, -0.2) is 8.42 Å². The van der Waals surface area contributed by atoms with E-state index >= 15 is 0 Å². The predicted octanol–water partition coefficient (Wildman–Crippen LogP) is 2.68. The fourth-order valence-electron chi connectivity index (χ4n) is 4.42. The molecule has 2 unspecified atom stereocenters. The third-order valence-electron chi connectivity index (χ3n) is 5.84. The number of benzene rings is 1. The van der Waals surface area contributed by atoms with Gasteiger partial charge in [-0.05, 0) is 62.5 Å². The van der Waals surface area contributed by atoms with E-state index < -0.39 is 22.0 Å². The maximum Gasteiger partial charge on any atom is 0.324 e. The van der Waals surface area contributed by atoms with E-state index in [1.54, 1.807) is 6.92 Å². The summed E-state index contributed by atoms with van der Waals surface area (Å²) in [5, 5.41) is 3.70. The van der Waals surface area contributed by atoms with E-state index in [4.69, 9.17) is 4.74 Å². The van der Waals surface area contributed by atoms with Gasteiger partial charge in [0.2, 0.25) is 10.0 Å². The number of ether oxygens (including phenoxy) is 1. The normalized spacial score (nSPS) is 19.4. The molecule has 0 saturated carbocycles. The zero-order valence-electron chi connectivity index (χ0n) is 22.2. The van der Waals surface area contributed by atoms with Crippen LogP contribution < -0.4 is 10.2 Å². The highest BCUT2D eigenvalue weighted by atomic mass is 32.2. The largest absolute Gasteiger partial charge is 0.465 e. The molecule has 0 radical (unpaired) electrons. The SMILES string of the molecule is CCOC(=O)C1CCS(=O)(=O)N1Cc1cc(CNC(CN(C)C)CC(C)(C)C)cc(N(C)C)c1. The van der Waals surface area contributed by atoms with Crippen LogP contribution in [-0.2, 0) is 32.6 Å². The topological polar surface area (TPSA) is 82.2 Å². The summed E-state index contributed by atoms with van der Waals surface area (Å²) in [6.45, 7) is 10.5. The number of hydrogen-bond acceptors (Lipinski definition) is 7. The van der Waals surface area contributed by atoms with E-state index in [9.17, 15) is 13.2 Å². The van der Waals surface area contributed by atoms with Crippen LogP contribution in [0.3, 0.4) is 0 Å². The molecule has 0 aromatic heterocycles. The Hall–Kier alpha value is -1.68. The highest BCUT2D eigenvalue weighted by Crippen LogP contribution is 2.27. The number of anilines is 1. The lowest BCUT2D eigenvalue weighted by molar-refractivity contribution is -0.147. The van der Waals surface area contributed by atoms with Gasteiger partial charge < -0.3 is 19.9 Å². The lowest BCUT2D eigenvalue weighted by atomic mass is 9.88. The van der Waals surface area contributed by atoms with Gasteiger partial charge in [-0.15, -0.1) is 0 Å². The standard InChI is InChI=1S/C25H44N4O4S/c1-9-33-24(30)23-10-11-34(31,32)29(23)17-20-12-19(13-22(14-20)28(7)8)16-26-21(18-27(5)6)15-25(2,3)4/h12-14,21,23,26H,9-11,15-18H2,1-8H3. The highest BCUT2D eigenvalue weighted by molar-refractivity contribution is 7.89. The van der Waals surface area contributed by atoms with Crippen LogP contribution in [0.15, 0.2) is 18.2 Å². The lowest BCUT2D eigenvalue weighted by Crippen LogP contribution is -2.40. The molecule has 1 aromatic rings. The number of esters is 1. The van der Waals surface area contributed by atoms with Crippen LogP contribution in [0.5, 0.6) is 0 Å². The van der Waals surface area contributed by atoms with Crippen molar-refractivity contribution >= 4 is 21.7 Å². The summed E-state index contributed by atoms with van der Waals surface area (Å²) >= 11 is 0.